The fourth-order valence-corrected chi connectivity index (χ4v) is 7.56. The molecule has 8 nitrogen and oxygen atoms in total. The molecule has 1 atom stereocenters. The molecule has 1 aromatic heterocycles. The van der Waals surface area contributed by atoms with Crippen molar-refractivity contribution in [2.45, 2.75) is 36.2 Å². The van der Waals surface area contributed by atoms with Crippen LogP contribution in [0.2, 0.25) is 0 Å². The Kier molecular flexibility index (Phi) is 4.76. The molecule has 2 saturated heterocycles. The second-order valence-corrected chi connectivity index (χ2v) is 11.3. The summed E-state index contributed by atoms with van der Waals surface area (Å²) in [6, 6.07) is 4.88. The third-order valence-electron chi connectivity index (χ3n) is 5.11. The number of rotatable bonds is 4. The normalized spacial score (nSPS) is 25.0. The summed E-state index contributed by atoms with van der Waals surface area (Å²) in [6.45, 7) is 1.41. The minimum atomic E-state index is -3.67. The second-order valence-electron chi connectivity index (χ2n) is 6.88. The Labute approximate surface area is 156 Å². The average Bonchev–Trinajstić information content (AvgIpc) is 3.20. The van der Waals surface area contributed by atoms with Crippen LogP contribution in [0.3, 0.4) is 0 Å². The number of sulfonamides is 1. The van der Waals surface area contributed by atoms with Gasteiger partial charge in [-0.25, -0.2) is 21.6 Å². The summed E-state index contributed by atoms with van der Waals surface area (Å²) in [5, 5.41) is 0. The lowest BCUT2D eigenvalue weighted by Crippen LogP contribution is -2.48. The summed E-state index contributed by atoms with van der Waals surface area (Å²) in [5.41, 5.74) is 0.980. The zero-order valence-electron chi connectivity index (χ0n) is 14.0. The monoisotopic (exact) mass is 416 g/mol. The van der Waals surface area contributed by atoms with E-state index in [0.29, 0.717) is 43.4 Å². The molecule has 2 fully saturated rings. The van der Waals surface area contributed by atoms with E-state index in [4.69, 9.17) is 0 Å². The number of aromatic nitrogens is 2. The van der Waals surface area contributed by atoms with Crippen LogP contribution in [0, 0.1) is 0 Å². The first-order valence-electron chi connectivity index (χ1n) is 8.52. The van der Waals surface area contributed by atoms with Crippen molar-refractivity contribution in [2.24, 2.45) is 0 Å². The highest BCUT2D eigenvalue weighted by molar-refractivity contribution is 7.91. The number of hydrogen-bond donors (Lipinski definition) is 1. The number of nitrogens with zero attached hydrogens (tertiary/aromatic N) is 3. The fourth-order valence-electron chi connectivity index (χ4n) is 3.73. The van der Waals surface area contributed by atoms with E-state index < -0.39 is 19.9 Å². The largest absolute Gasteiger partial charge is 0.299 e. The highest BCUT2D eigenvalue weighted by Gasteiger charge is 2.35. The molecule has 0 aliphatic carbocycles. The van der Waals surface area contributed by atoms with Gasteiger partial charge in [-0.15, -0.1) is 0 Å². The summed E-state index contributed by atoms with van der Waals surface area (Å²) >= 11 is 0.995. The standard InChI is InChI=1S/C15H20N4O4S3/c20-25(21)9-6-12(10-25)19-7-4-11(5-8-19)18-26(22,23)14-3-1-2-13-15(14)17-24-16-13/h1-3,11-12,18H,4-10H2/t12-/m0/s1. The van der Waals surface area contributed by atoms with E-state index in [0.717, 1.165) is 11.7 Å². The lowest BCUT2D eigenvalue weighted by atomic mass is 10.0. The molecular formula is C15H20N4O4S3. The maximum Gasteiger partial charge on any atom is 0.243 e. The Morgan fingerprint density at radius 2 is 1.92 bits per heavy atom. The fraction of sp³-hybridized carbons (Fsp3) is 0.600. The summed E-state index contributed by atoms with van der Waals surface area (Å²) in [4.78, 5) is 2.34. The van der Waals surface area contributed by atoms with Gasteiger partial charge in [-0.05, 0) is 44.5 Å². The molecule has 1 aromatic carbocycles. The number of piperidine rings is 1. The van der Waals surface area contributed by atoms with Crippen LogP contribution < -0.4 is 4.72 Å². The van der Waals surface area contributed by atoms with Gasteiger partial charge in [-0.2, -0.15) is 8.75 Å². The van der Waals surface area contributed by atoms with Crippen molar-refractivity contribution < 1.29 is 16.8 Å². The van der Waals surface area contributed by atoms with Crippen LogP contribution >= 0.6 is 11.7 Å². The number of benzene rings is 1. The molecule has 1 N–H and O–H groups in total. The lowest BCUT2D eigenvalue weighted by Gasteiger charge is -2.35. The van der Waals surface area contributed by atoms with Gasteiger partial charge in [0.2, 0.25) is 10.0 Å². The van der Waals surface area contributed by atoms with Crippen LogP contribution in [0.1, 0.15) is 19.3 Å². The van der Waals surface area contributed by atoms with Crippen molar-refractivity contribution in [1.29, 1.82) is 0 Å². The Bertz CT molecular complexity index is 1010. The molecule has 142 valence electrons. The van der Waals surface area contributed by atoms with E-state index in [9.17, 15) is 16.8 Å². The summed E-state index contributed by atoms with van der Waals surface area (Å²) in [5.74, 6) is 0.484. The van der Waals surface area contributed by atoms with Crippen molar-refractivity contribution in [3.63, 3.8) is 0 Å². The van der Waals surface area contributed by atoms with Crippen LogP contribution in [-0.2, 0) is 19.9 Å². The number of fused-ring (bicyclic) bond motifs is 1. The number of hydrogen-bond acceptors (Lipinski definition) is 8. The smallest absolute Gasteiger partial charge is 0.243 e. The third-order valence-corrected chi connectivity index (χ3v) is 8.96. The Balaban J connectivity index is 1.42. The van der Waals surface area contributed by atoms with E-state index in [1.54, 1.807) is 18.2 Å². The van der Waals surface area contributed by atoms with Crippen molar-refractivity contribution in [1.82, 2.24) is 18.4 Å². The van der Waals surface area contributed by atoms with E-state index in [1.807, 2.05) is 0 Å². The van der Waals surface area contributed by atoms with Crippen LogP contribution in [-0.4, -0.2) is 67.2 Å². The highest BCUT2D eigenvalue weighted by atomic mass is 32.2. The van der Waals surface area contributed by atoms with E-state index in [1.165, 1.54) is 0 Å². The first-order valence-corrected chi connectivity index (χ1v) is 12.6. The zero-order chi connectivity index (χ0) is 18.4. The summed E-state index contributed by atoms with van der Waals surface area (Å²) in [7, 11) is -6.58. The highest BCUT2D eigenvalue weighted by Crippen LogP contribution is 2.24. The maximum atomic E-state index is 12.8. The van der Waals surface area contributed by atoms with Gasteiger partial charge in [0.1, 0.15) is 15.9 Å². The minimum absolute atomic E-state index is 0.0763. The number of likely N-dealkylation sites (tertiary alicyclic amines) is 1. The Morgan fingerprint density at radius 3 is 2.62 bits per heavy atom. The third kappa shape index (κ3) is 3.63. The predicted molar refractivity (Wildman–Crippen MR) is 99.4 cm³/mol. The molecule has 11 heteroatoms. The van der Waals surface area contributed by atoms with Gasteiger partial charge in [-0.1, -0.05) is 6.07 Å². The molecule has 0 spiro atoms. The van der Waals surface area contributed by atoms with Gasteiger partial charge >= 0.3 is 0 Å². The molecule has 26 heavy (non-hydrogen) atoms. The molecule has 0 radical (unpaired) electrons. The van der Waals surface area contributed by atoms with Gasteiger partial charge < -0.3 is 0 Å². The predicted octanol–water partition coefficient (Wildman–Crippen LogP) is 0.621. The molecule has 0 amide bonds. The zero-order valence-corrected chi connectivity index (χ0v) is 16.5. The van der Waals surface area contributed by atoms with Crippen molar-refractivity contribution in [3.05, 3.63) is 18.2 Å². The van der Waals surface area contributed by atoms with Gasteiger partial charge in [-0.3, -0.25) is 4.90 Å². The van der Waals surface area contributed by atoms with Crippen LogP contribution in [0.25, 0.3) is 11.0 Å². The van der Waals surface area contributed by atoms with Crippen LogP contribution in [0.5, 0.6) is 0 Å². The Hall–Kier alpha value is -1.14. The number of sulfone groups is 1. The molecule has 2 aliphatic rings. The first kappa shape index (κ1) is 18.2. The summed E-state index contributed by atoms with van der Waals surface area (Å²) in [6.07, 6.45) is 2.01. The van der Waals surface area contributed by atoms with Crippen molar-refractivity contribution in [2.75, 3.05) is 24.6 Å². The second kappa shape index (κ2) is 6.79. The van der Waals surface area contributed by atoms with E-state index in [-0.39, 0.29) is 28.5 Å². The topological polar surface area (TPSA) is 109 Å². The minimum Gasteiger partial charge on any atom is -0.299 e. The lowest BCUT2D eigenvalue weighted by molar-refractivity contribution is 0.161. The van der Waals surface area contributed by atoms with Crippen LogP contribution in [0.4, 0.5) is 0 Å². The molecule has 3 heterocycles. The Morgan fingerprint density at radius 1 is 1.15 bits per heavy atom. The van der Waals surface area contributed by atoms with Gasteiger partial charge in [0.15, 0.2) is 9.84 Å². The van der Waals surface area contributed by atoms with Gasteiger partial charge in [0.05, 0.1) is 23.2 Å². The molecule has 0 unspecified atom stereocenters. The van der Waals surface area contributed by atoms with Gasteiger partial charge in [0, 0.05) is 12.1 Å². The van der Waals surface area contributed by atoms with Crippen molar-refractivity contribution in [3.8, 4) is 0 Å². The van der Waals surface area contributed by atoms with E-state index in [2.05, 4.69) is 18.4 Å². The molecule has 2 aliphatic heterocycles. The summed E-state index contributed by atoms with van der Waals surface area (Å²) < 4.78 is 59.8. The maximum absolute atomic E-state index is 12.8. The molecule has 0 saturated carbocycles. The van der Waals surface area contributed by atoms with Gasteiger partial charge in [0.25, 0.3) is 0 Å². The quantitative estimate of drug-likeness (QED) is 0.778. The number of nitrogens with one attached hydrogen (secondary N) is 1. The molecular weight excluding hydrogens is 396 g/mol. The van der Waals surface area contributed by atoms with Crippen molar-refractivity contribution >= 4 is 42.6 Å². The van der Waals surface area contributed by atoms with E-state index >= 15 is 0 Å². The SMILES string of the molecule is O=S1(=O)CC[C@H](N2CCC(NS(=O)(=O)c3cccc4nsnc34)CC2)C1. The molecule has 4 rings (SSSR count). The molecule has 0 bridgehead atoms. The van der Waals surface area contributed by atoms with Crippen LogP contribution in [0.15, 0.2) is 23.1 Å². The first-order chi connectivity index (χ1) is 12.3. The molecule has 2 aromatic rings. The average molecular weight is 417 g/mol.